The van der Waals surface area contributed by atoms with Crippen LogP contribution in [0.25, 0.3) is 22.0 Å². The third-order valence-corrected chi connectivity index (χ3v) is 5.75. The number of phenolic OH excluding ortho intramolecular Hbond substituents is 1. The Hall–Kier alpha value is -2.98. The number of hydrogen-bond donors (Lipinski definition) is 2. The highest BCUT2D eigenvalue weighted by molar-refractivity contribution is 5.89. The van der Waals surface area contributed by atoms with Crippen LogP contribution < -0.4 is 10.1 Å². The molecule has 2 fully saturated rings. The highest BCUT2D eigenvalue weighted by atomic mass is 19.3. The molecular formula is C20H19F2N5O3. The van der Waals surface area contributed by atoms with E-state index in [9.17, 15) is 13.9 Å². The van der Waals surface area contributed by atoms with Crippen molar-refractivity contribution in [3.05, 3.63) is 36.8 Å². The Bertz CT molecular complexity index is 1080. The molecule has 30 heavy (non-hydrogen) atoms. The maximum absolute atomic E-state index is 14.1. The van der Waals surface area contributed by atoms with E-state index in [1.807, 2.05) is 6.07 Å². The van der Waals surface area contributed by atoms with Crippen molar-refractivity contribution in [2.45, 2.75) is 43.1 Å². The zero-order valence-electron chi connectivity index (χ0n) is 16.0. The van der Waals surface area contributed by atoms with Crippen LogP contribution in [0.5, 0.6) is 11.8 Å². The number of rotatable bonds is 4. The maximum atomic E-state index is 14.1. The minimum Gasteiger partial charge on any atom is -0.507 e. The fourth-order valence-electron chi connectivity index (χ4n) is 4.29. The molecule has 0 aliphatic carbocycles. The maximum Gasteiger partial charge on any atom is 0.336 e. The Kier molecular flexibility index (Phi) is 4.48. The van der Waals surface area contributed by atoms with E-state index < -0.39 is 30.2 Å². The van der Waals surface area contributed by atoms with E-state index in [1.54, 1.807) is 24.5 Å². The predicted molar refractivity (Wildman–Crippen MR) is 102 cm³/mol. The first-order chi connectivity index (χ1) is 14.4. The molecule has 0 spiro atoms. The van der Waals surface area contributed by atoms with E-state index >= 15 is 0 Å². The number of ether oxygens (including phenoxy) is 2. The molecule has 2 unspecified atom stereocenters. The van der Waals surface area contributed by atoms with Crippen molar-refractivity contribution < 1.29 is 23.4 Å². The van der Waals surface area contributed by atoms with Gasteiger partial charge in [-0.1, -0.05) is 5.10 Å². The Morgan fingerprint density at radius 1 is 1.20 bits per heavy atom. The van der Waals surface area contributed by atoms with Gasteiger partial charge in [-0.2, -0.15) is 0 Å². The number of piperidine rings is 1. The molecule has 3 aromatic rings. The van der Waals surface area contributed by atoms with Gasteiger partial charge in [0.2, 0.25) is 0 Å². The quantitative estimate of drug-likeness (QED) is 0.670. The second-order valence-corrected chi connectivity index (χ2v) is 7.60. The molecule has 2 bridgehead atoms. The van der Waals surface area contributed by atoms with E-state index in [0.29, 0.717) is 11.3 Å². The van der Waals surface area contributed by atoms with Crippen LogP contribution in [-0.2, 0) is 4.74 Å². The number of nitrogens with zero attached hydrogens (tertiary/aromatic N) is 4. The Morgan fingerprint density at radius 2 is 2.07 bits per heavy atom. The summed E-state index contributed by atoms with van der Waals surface area (Å²) in [5.41, 5.74) is 0.827. The topological polar surface area (TPSA) is 102 Å². The Balaban J connectivity index is 1.37. The first kappa shape index (κ1) is 19.0. The fourth-order valence-corrected chi connectivity index (χ4v) is 4.29. The van der Waals surface area contributed by atoms with E-state index in [4.69, 9.17) is 9.47 Å². The van der Waals surface area contributed by atoms with Crippen molar-refractivity contribution in [1.82, 2.24) is 25.5 Å². The van der Waals surface area contributed by atoms with E-state index in [2.05, 4.69) is 25.5 Å². The molecule has 156 valence electrons. The average Bonchev–Trinajstić information content (AvgIpc) is 2.97. The highest BCUT2D eigenvalue weighted by Gasteiger charge is 2.57. The van der Waals surface area contributed by atoms with Gasteiger partial charge < -0.3 is 19.9 Å². The summed E-state index contributed by atoms with van der Waals surface area (Å²) < 4.78 is 39.3. The number of pyridine rings is 1. The molecule has 0 saturated carbocycles. The number of aromatic nitrogens is 4. The lowest BCUT2D eigenvalue weighted by atomic mass is 9.99. The number of fused-ring (bicyclic) bond motifs is 3. The van der Waals surface area contributed by atoms with Gasteiger partial charge in [0.15, 0.2) is 0 Å². The van der Waals surface area contributed by atoms with Gasteiger partial charge in [-0.05, 0) is 23.6 Å². The van der Waals surface area contributed by atoms with E-state index in [-0.39, 0.29) is 24.6 Å². The van der Waals surface area contributed by atoms with Crippen LogP contribution >= 0.6 is 0 Å². The summed E-state index contributed by atoms with van der Waals surface area (Å²) in [6.07, 6.45) is 3.37. The van der Waals surface area contributed by atoms with Crippen molar-refractivity contribution in [2.75, 3.05) is 7.11 Å². The third kappa shape index (κ3) is 3.21. The van der Waals surface area contributed by atoms with Crippen molar-refractivity contribution in [3.8, 4) is 23.0 Å². The normalized spacial score (nSPS) is 27.3. The molecule has 2 aromatic heterocycles. The van der Waals surface area contributed by atoms with E-state index in [0.717, 1.165) is 10.8 Å². The fraction of sp³-hybridized carbons (Fsp3) is 0.400. The largest absolute Gasteiger partial charge is 0.507 e. The molecule has 2 N–H and O–H groups in total. The number of methoxy groups -OCH3 is 1. The van der Waals surface area contributed by atoms with Gasteiger partial charge in [-0.15, -0.1) is 5.10 Å². The Labute approximate surface area is 170 Å². The SMILES string of the molecule is CO[C@H]1C2CC(F)(F)C(C[C@@H]1Oc1ncc(-c3cc4ccncc4cc3O)nn1)N2. The molecule has 10 heteroatoms. The standard InChI is InChI=1S/C20H19F2N5O3/c1-29-18-13-7-20(21,22)17(25-13)6-16(18)30-19-24-9-14(26-27-19)12-4-10-2-3-23-8-11(10)5-15(12)28/h2-5,8-9,13,16-18,25,28H,6-7H2,1H3/t13?,16-,17?,18-/m0/s1. The van der Waals surface area contributed by atoms with Gasteiger partial charge in [0.1, 0.15) is 23.7 Å². The minimum atomic E-state index is -2.80. The summed E-state index contributed by atoms with van der Waals surface area (Å²) in [5, 5.41) is 23.0. The molecule has 5 rings (SSSR count). The summed E-state index contributed by atoms with van der Waals surface area (Å²) in [5.74, 6) is -2.78. The molecule has 2 saturated heterocycles. The van der Waals surface area contributed by atoms with Crippen LogP contribution in [0.4, 0.5) is 8.78 Å². The van der Waals surface area contributed by atoms with Crippen LogP contribution in [0.2, 0.25) is 0 Å². The second-order valence-electron chi connectivity index (χ2n) is 7.60. The zero-order valence-corrected chi connectivity index (χ0v) is 16.0. The van der Waals surface area contributed by atoms with Gasteiger partial charge in [0.25, 0.3) is 5.92 Å². The average molecular weight is 415 g/mol. The Morgan fingerprint density at radius 3 is 2.83 bits per heavy atom. The number of aromatic hydroxyl groups is 1. The second kappa shape index (κ2) is 7.06. The zero-order chi connectivity index (χ0) is 20.9. The summed E-state index contributed by atoms with van der Waals surface area (Å²) in [6.45, 7) is 0. The van der Waals surface area contributed by atoms with E-state index in [1.165, 1.54) is 13.3 Å². The lowest BCUT2D eigenvalue weighted by Crippen LogP contribution is -2.55. The molecular weight excluding hydrogens is 396 g/mol. The van der Waals surface area contributed by atoms with Gasteiger partial charge >= 0.3 is 6.01 Å². The molecule has 4 heterocycles. The summed E-state index contributed by atoms with van der Waals surface area (Å²) in [7, 11) is 1.47. The number of benzene rings is 1. The predicted octanol–water partition coefficient (Wildman–Crippen LogP) is 2.32. The number of nitrogens with one attached hydrogen (secondary N) is 1. The van der Waals surface area contributed by atoms with Crippen molar-refractivity contribution in [3.63, 3.8) is 0 Å². The third-order valence-electron chi connectivity index (χ3n) is 5.75. The summed E-state index contributed by atoms with van der Waals surface area (Å²) in [4.78, 5) is 8.19. The number of alkyl halides is 2. The molecule has 2 aliphatic rings. The van der Waals surface area contributed by atoms with Crippen molar-refractivity contribution in [1.29, 1.82) is 0 Å². The summed E-state index contributed by atoms with van der Waals surface area (Å²) in [6, 6.07) is 3.70. The van der Waals surface area contributed by atoms with Gasteiger partial charge in [-0.25, -0.2) is 13.8 Å². The van der Waals surface area contributed by atoms with Gasteiger partial charge in [0.05, 0.1) is 12.2 Å². The van der Waals surface area contributed by atoms with Crippen LogP contribution in [0.3, 0.4) is 0 Å². The lowest BCUT2D eigenvalue weighted by Gasteiger charge is -2.35. The van der Waals surface area contributed by atoms with Crippen LogP contribution in [-0.4, -0.2) is 62.6 Å². The molecule has 1 aromatic carbocycles. The smallest absolute Gasteiger partial charge is 0.336 e. The molecule has 8 nitrogen and oxygen atoms in total. The highest BCUT2D eigenvalue weighted by Crippen LogP contribution is 2.41. The number of halogens is 2. The van der Waals surface area contributed by atoms with Crippen LogP contribution in [0.15, 0.2) is 36.8 Å². The molecule has 0 amide bonds. The molecule has 2 aliphatic heterocycles. The first-order valence-electron chi connectivity index (χ1n) is 9.55. The minimum absolute atomic E-state index is 0.0249. The van der Waals surface area contributed by atoms with Crippen LogP contribution in [0.1, 0.15) is 12.8 Å². The number of phenols is 1. The van der Waals surface area contributed by atoms with Crippen molar-refractivity contribution >= 4 is 10.8 Å². The monoisotopic (exact) mass is 415 g/mol. The van der Waals surface area contributed by atoms with Crippen molar-refractivity contribution in [2.24, 2.45) is 0 Å². The molecule has 0 radical (unpaired) electrons. The first-order valence-corrected chi connectivity index (χ1v) is 9.55. The lowest BCUT2D eigenvalue weighted by molar-refractivity contribution is -0.0506. The van der Waals surface area contributed by atoms with Gasteiger partial charge in [-0.3, -0.25) is 4.98 Å². The number of hydrogen-bond acceptors (Lipinski definition) is 8. The summed E-state index contributed by atoms with van der Waals surface area (Å²) >= 11 is 0. The van der Waals surface area contributed by atoms with Crippen LogP contribution in [0, 0.1) is 0 Å². The molecule has 4 atom stereocenters. The van der Waals surface area contributed by atoms with Gasteiger partial charge in [0, 0.05) is 49.3 Å².